The van der Waals surface area contributed by atoms with Crippen molar-refractivity contribution >= 4 is 5.91 Å². The second-order valence-corrected chi connectivity index (χ2v) is 3.72. The van der Waals surface area contributed by atoms with Gasteiger partial charge >= 0.3 is 12.3 Å². The van der Waals surface area contributed by atoms with E-state index in [0.29, 0.717) is 10.6 Å². The molecule has 7 heteroatoms. The van der Waals surface area contributed by atoms with Crippen LogP contribution in [-0.2, 0) is 11.2 Å². The SMILES string of the molecule is CN(CCc1ccccn1)C(=O)C(F)(F)C(F)F. The molecule has 0 bridgehead atoms. The normalized spacial score (nSPS) is 11.7. The lowest BCUT2D eigenvalue weighted by molar-refractivity contribution is -0.179. The Morgan fingerprint density at radius 1 is 1.44 bits per heavy atom. The molecule has 0 atom stereocenters. The van der Waals surface area contributed by atoms with E-state index in [1.54, 1.807) is 18.2 Å². The Kier molecular flexibility index (Phi) is 4.63. The third-order valence-corrected chi connectivity index (χ3v) is 2.34. The predicted molar refractivity (Wildman–Crippen MR) is 56.5 cm³/mol. The van der Waals surface area contributed by atoms with Crippen LogP contribution in [-0.4, -0.2) is 41.7 Å². The molecule has 1 aromatic rings. The maximum absolute atomic E-state index is 12.8. The summed E-state index contributed by atoms with van der Waals surface area (Å²) in [6, 6.07) is 5.05. The van der Waals surface area contributed by atoms with Crippen molar-refractivity contribution in [3.8, 4) is 0 Å². The molecule has 0 fully saturated rings. The number of carbonyl (C=O) groups is 1. The third-order valence-electron chi connectivity index (χ3n) is 2.34. The molecule has 1 rings (SSSR count). The van der Waals surface area contributed by atoms with E-state index in [1.165, 1.54) is 6.20 Å². The number of likely N-dealkylation sites (N-methyl/N-ethyl adjacent to an activating group) is 1. The zero-order valence-corrected chi connectivity index (χ0v) is 9.62. The number of hydrogen-bond acceptors (Lipinski definition) is 2. The van der Waals surface area contributed by atoms with E-state index in [9.17, 15) is 22.4 Å². The standard InChI is InChI=1S/C11H12F4N2O/c1-17(10(18)11(14,15)9(12)13)7-5-8-4-2-3-6-16-8/h2-4,6,9H,5,7H2,1H3. The van der Waals surface area contributed by atoms with Gasteiger partial charge in [-0.1, -0.05) is 6.07 Å². The van der Waals surface area contributed by atoms with Crippen molar-refractivity contribution in [2.75, 3.05) is 13.6 Å². The van der Waals surface area contributed by atoms with Crippen LogP contribution in [0.2, 0.25) is 0 Å². The van der Waals surface area contributed by atoms with E-state index in [2.05, 4.69) is 4.98 Å². The van der Waals surface area contributed by atoms with Gasteiger partial charge in [0.15, 0.2) is 0 Å². The van der Waals surface area contributed by atoms with Gasteiger partial charge in [-0.15, -0.1) is 0 Å². The zero-order valence-electron chi connectivity index (χ0n) is 9.62. The Hall–Kier alpha value is -1.66. The molecule has 0 aliphatic rings. The van der Waals surface area contributed by atoms with Crippen LogP contribution in [0.1, 0.15) is 5.69 Å². The van der Waals surface area contributed by atoms with E-state index in [4.69, 9.17) is 0 Å². The van der Waals surface area contributed by atoms with Gasteiger partial charge in [0, 0.05) is 31.9 Å². The highest BCUT2D eigenvalue weighted by atomic mass is 19.3. The highest BCUT2D eigenvalue weighted by molar-refractivity contribution is 5.83. The molecule has 0 aromatic carbocycles. The Morgan fingerprint density at radius 2 is 2.11 bits per heavy atom. The summed E-state index contributed by atoms with van der Waals surface area (Å²) in [7, 11) is 1.06. The van der Waals surface area contributed by atoms with Crippen LogP contribution in [0.15, 0.2) is 24.4 Å². The molecule has 18 heavy (non-hydrogen) atoms. The maximum atomic E-state index is 12.8. The maximum Gasteiger partial charge on any atom is 0.383 e. The van der Waals surface area contributed by atoms with E-state index in [1.807, 2.05) is 0 Å². The number of alkyl halides is 4. The summed E-state index contributed by atoms with van der Waals surface area (Å²) in [5.41, 5.74) is 0.595. The van der Waals surface area contributed by atoms with Crippen LogP contribution < -0.4 is 0 Å². The molecule has 0 saturated heterocycles. The first-order chi connectivity index (χ1) is 8.35. The van der Waals surface area contributed by atoms with Gasteiger partial charge in [-0.2, -0.15) is 8.78 Å². The van der Waals surface area contributed by atoms with Crippen LogP contribution in [0.4, 0.5) is 17.6 Å². The molecule has 0 aliphatic heterocycles. The van der Waals surface area contributed by atoms with Crippen LogP contribution in [0.5, 0.6) is 0 Å². The Morgan fingerprint density at radius 3 is 2.61 bits per heavy atom. The fourth-order valence-corrected chi connectivity index (χ4v) is 1.28. The summed E-state index contributed by atoms with van der Waals surface area (Å²) >= 11 is 0. The second kappa shape index (κ2) is 5.79. The highest BCUT2D eigenvalue weighted by Gasteiger charge is 2.50. The molecular weight excluding hydrogens is 252 g/mol. The number of rotatable bonds is 5. The minimum Gasteiger partial charge on any atom is -0.340 e. The summed E-state index contributed by atoms with van der Waals surface area (Å²) in [6.07, 6.45) is -2.25. The largest absolute Gasteiger partial charge is 0.383 e. The van der Waals surface area contributed by atoms with Gasteiger partial charge < -0.3 is 4.90 Å². The fraction of sp³-hybridized carbons (Fsp3) is 0.455. The first-order valence-electron chi connectivity index (χ1n) is 5.17. The third kappa shape index (κ3) is 3.41. The number of pyridine rings is 1. The average molecular weight is 264 g/mol. The van der Waals surface area contributed by atoms with Crippen molar-refractivity contribution in [1.82, 2.24) is 9.88 Å². The van der Waals surface area contributed by atoms with Crippen molar-refractivity contribution < 1.29 is 22.4 Å². The average Bonchev–Trinajstić information content (AvgIpc) is 2.36. The van der Waals surface area contributed by atoms with Crippen LogP contribution in [0, 0.1) is 0 Å². The predicted octanol–water partition coefficient (Wildman–Crippen LogP) is 1.98. The molecule has 0 radical (unpaired) electrons. The molecular formula is C11H12F4N2O. The number of hydrogen-bond donors (Lipinski definition) is 0. The molecule has 3 nitrogen and oxygen atoms in total. The van der Waals surface area contributed by atoms with Crippen molar-refractivity contribution in [1.29, 1.82) is 0 Å². The molecule has 0 spiro atoms. The lowest BCUT2D eigenvalue weighted by Crippen LogP contribution is -2.46. The molecule has 1 aromatic heterocycles. The van der Waals surface area contributed by atoms with Gasteiger partial charge in [-0.3, -0.25) is 9.78 Å². The Bertz CT molecular complexity index is 397. The van der Waals surface area contributed by atoms with Gasteiger partial charge in [-0.25, -0.2) is 8.78 Å². The summed E-state index contributed by atoms with van der Waals surface area (Å²) in [4.78, 5) is 15.6. The molecule has 100 valence electrons. The quantitative estimate of drug-likeness (QED) is 0.762. The second-order valence-electron chi connectivity index (χ2n) is 3.72. The minimum absolute atomic E-state index is 0.0991. The van der Waals surface area contributed by atoms with E-state index in [-0.39, 0.29) is 13.0 Å². The molecule has 0 aliphatic carbocycles. The summed E-state index contributed by atoms with van der Waals surface area (Å²) in [5.74, 6) is -6.52. The lowest BCUT2D eigenvalue weighted by atomic mass is 10.2. The van der Waals surface area contributed by atoms with Crippen molar-refractivity contribution in [3.05, 3.63) is 30.1 Å². The monoisotopic (exact) mass is 264 g/mol. The topological polar surface area (TPSA) is 33.2 Å². The molecule has 1 amide bonds. The molecule has 1 heterocycles. The fourth-order valence-electron chi connectivity index (χ4n) is 1.28. The van der Waals surface area contributed by atoms with E-state index < -0.39 is 18.3 Å². The Balaban J connectivity index is 2.56. The van der Waals surface area contributed by atoms with Crippen molar-refractivity contribution in [2.24, 2.45) is 0 Å². The Labute approximate surface area is 101 Å². The van der Waals surface area contributed by atoms with E-state index >= 15 is 0 Å². The van der Waals surface area contributed by atoms with Gasteiger partial charge in [0.05, 0.1) is 0 Å². The van der Waals surface area contributed by atoms with Gasteiger partial charge in [0.1, 0.15) is 0 Å². The first kappa shape index (κ1) is 14.4. The molecule has 0 saturated carbocycles. The number of halogens is 4. The number of aromatic nitrogens is 1. The smallest absolute Gasteiger partial charge is 0.340 e. The van der Waals surface area contributed by atoms with Gasteiger partial charge in [0.2, 0.25) is 0 Å². The van der Waals surface area contributed by atoms with Crippen LogP contribution in [0.3, 0.4) is 0 Å². The van der Waals surface area contributed by atoms with Crippen molar-refractivity contribution in [3.63, 3.8) is 0 Å². The number of nitrogens with zero attached hydrogens (tertiary/aromatic N) is 2. The lowest BCUT2D eigenvalue weighted by Gasteiger charge is -2.22. The summed E-state index contributed by atoms with van der Waals surface area (Å²) < 4.78 is 49.5. The highest BCUT2D eigenvalue weighted by Crippen LogP contribution is 2.24. The first-order valence-corrected chi connectivity index (χ1v) is 5.17. The summed E-state index contributed by atoms with van der Waals surface area (Å²) in [6.45, 7) is -0.0991. The minimum atomic E-state index is -4.64. The number of amides is 1. The zero-order chi connectivity index (χ0) is 13.8. The summed E-state index contributed by atoms with van der Waals surface area (Å²) in [5, 5.41) is 0. The van der Waals surface area contributed by atoms with Crippen LogP contribution in [0.25, 0.3) is 0 Å². The molecule has 0 N–H and O–H groups in total. The molecule has 0 unspecified atom stereocenters. The van der Waals surface area contributed by atoms with Gasteiger partial charge in [-0.05, 0) is 12.1 Å². The number of carbonyl (C=O) groups excluding carboxylic acids is 1. The van der Waals surface area contributed by atoms with E-state index in [0.717, 1.165) is 7.05 Å². The van der Waals surface area contributed by atoms with Crippen LogP contribution >= 0.6 is 0 Å². The van der Waals surface area contributed by atoms with Crippen molar-refractivity contribution in [2.45, 2.75) is 18.8 Å². The van der Waals surface area contributed by atoms with Gasteiger partial charge in [0.25, 0.3) is 5.91 Å².